The molecule has 0 bridgehead atoms. The Morgan fingerprint density at radius 3 is 2.05 bits per heavy atom. The highest BCUT2D eigenvalue weighted by atomic mass is 14.9. The van der Waals surface area contributed by atoms with Crippen LogP contribution in [0.3, 0.4) is 0 Å². The van der Waals surface area contributed by atoms with Crippen LogP contribution in [0.25, 0.3) is 0 Å². The Labute approximate surface area is 126 Å². The van der Waals surface area contributed by atoms with Crippen LogP contribution in [0.5, 0.6) is 0 Å². The summed E-state index contributed by atoms with van der Waals surface area (Å²) in [5.74, 6) is 0.730. The van der Waals surface area contributed by atoms with E-state index >= 15 is 0 Å². The second-order valence-electron chi connectivity index (χ2n) is 7.74. The van der Waals surface area contributed by atoms with Crippen molar-refractivity contribution in [3.05, 3.63) is 34.4 Å². The molecule has 1 aromatic rings. The SMILES string of the molecule is CNC(CC(C)CC(C)(C)C)c1cc(C)c(C)cc1C. The molecule has 0 aromatic heterocycles. The van der Waals surface area contributed by atoms with E-state index in [1.165, 1.54) is 35.1 Å². The molecule has 1 heteroatoms. The van der Waals surface area contributed by atoms with Gasteiger partial charge in [-0.25, -0.2) is 0 Å². The third kappa shape index (κ3) is 4.94. The van der Waals surface area contributed by atoms with Crippen molar-refractivity contribution in [3.8, 4) is 0 Å². The van der Waals surface area contributed by atoms with Crippen molar-refractivity contribution in [1.82, 2.24) is 5.32 Å². The summed E-state index contributed by atoms with van der Waals surface area (Å²) in [7, 11) is 2.09. The van der Waals surface area contributed by atoms with Gasteiger partial charge in [-0.15, -0.1) is 0 Å². The molecule has 0 radical (unpaired) electrons. The minimum Gasteiger partial charge on any atom is -0.313 e. The van der Waals surface area contributed by atoms with Crippen LogP contribution < -0.4 is 5.32 Å². The van der Waals surface area contributed by atoms with E-state index in [9.17, 15) is 0 Å². The van der Waals surface area contributed by atoms with E-state index in [1.807, 2.05) is 0 Å². The Morgan fingerprint density at radius 1 is 1.00 bits per heavy atom. The zero-order chi connectivity index (χ0) is 15.5. The minimum atomic E-state index is 0.413. The van der Waals surface area contributed by atoms with Gasteiger partial charge in [-0.1, -0.05) is 39.8 Å². The van der Waals surface area contributed by atoms with Gasteiger partial charge >= 0.3 is 0 Å². The van der Waals surface area contributed by atoms with Gasteiger partial charge < -0.3 is 5.32 Å². The van der Waals surface area contributed by atoms with E-state index in [2.05, 4.69) is 73.0 Å². The zero-order valence-corrected chi connectivity index (χ0v) is 14.7. The maximum absolute atomic E-state index is 3.52. The molecule has 0 amide bonds. The van der Waals surface area contributed by atoms with Gasteiger partial charge in [-0.3, -0.25) is 0 Å². The maximum Gasteiger partial charge on any atom is 0.0322 e. The van der Waals surface area contributed by atoms with Gasteiger partial charge in [0.15, 0.2) is 0 Å². The van der Waals surface area contributed by atoms with Crippen LogP contribution in [-0.2, 0) is 0 Å². The first-order chi connectivity index (χ1) is 9.14. The number of nitrogens with one attached hydrogen (secondary N) is 1. The monoisotopic (exact) mass is 275 g/mol. The van der Waals surface area contributed by atoms with Gasteiger partial charge in [0.2, 0.25) is 0 Å². The number of aryl methyl sites for hydroxylation is 3. The molecule has 114 valence electrons. The summed E-state index contributed by atoms with van der Waals surface area (Å²) in [4.78, 5) is 0. The standard InChI is InChI=1S/C19H33N/c1-13(12-19(5,6)7)9-18(20-8)17-11-15(3)14(2)10-16(17)4/h10-11,13,18,20H,9,12H2,1-8H3. The molecule has 0 aliphatic heterocycles. The van der Waals surface area contributed by atoms with Crippen molar-refractivity contribution in [1.29, 1.82) is 0 Å². The first-order valence-electron chi connectivity index (χ1n) is 7.89. The summed E-state index contributed by atoms with van der Waals surface area (Å²) < 4.78 is 0. The molecule has 1 aromatic carbocycles. The third-order valence-electron chi connectivity index (χ3n) is 4.21. The van der Waals surface area contributed by atoms with Gasteiger partial charge in [-0.2, -0.15) is 0 Å². The Kier molecular flexibility index (Phi) is 5.82. The van der Waals surface area contributed by atoms with E-state index in [0.29, 0.717) is 11.5 Å². The summed E-state index contributed by atoms with van der Waals surface area (Å²) in [5, 5.41) is 3.52. The predicted octanol–water partition coefficient (Wildman–Crippen LogP) is 5.33. The quantitative estimate of drug-likeness (QED) is 0.765. The highest BCUT2D eigenvalue weighted by Gasteiger charge is 2.20. The smallest absolute Gasteiger partial charge is 0.0322 e. The Hall–Kier alpha value is -0.820. The van der Waals surface area contributed by atoms with E-state index in [4.69, 9.17) is 0 Å². The van der Waals surface area contributed by atoms with Crippen LogP contribution in [0.1, 0.15) is 68.8 Å². The first-order valence-corrected chi connectivity index (χ1v) is 7.89. The minimum absolute atomic E-state index is 0.413. The summed E-state index contributed by atoms with van der Waals surface area (Å²) >= 11 is 0. The van der Waals surface area contributed by atoms with Crippen molar-refractivity contribution < 1.29 is 0 Å². The predicted molar refractivity (Wildman–Crippen MR) is 90.3 cm³/mol. The molecule has 1 rings (SSSR count). The summed E-state index contributed by atoms with van der Waals surface area (Å²) in [6.45, 7) is 16.0. The molecule has 1 N–H and O–H groups in total. The normalized spacial score (nSPS) is 15.2. The van der Waals surface area contributed by atoms with Crippen molar-refractivity contribution in [2.75, 3.05) is 7.05 Å². The van der Waals surface area contributed by atoms with E-state index < -0.39 is 0 Å². The zero-order valence-electron chi connectivity index (χ0n) is 14.7. The molecule has 0 spiro atoms. The summed E-state index contributed by atoms with van der Waals surface area (Å²) in [6.07, 6.45) is 2.48. The average molecular weight is 275 g/mol. The Morgan fingerprint density at radius 2 is 1.55 bits per heavy atom. The maximum atomic E-state index is 3.52. The van der Waals surface area contributed by atoms with Crippen LogP contribution >= 0.6 is 0 Å². The highest BCUT2D eigenvalue weighted by Crippen LogP contribution is 2.32. The van der Waals surface area contributed by atoms with Crippen LogP contribution in [0.15, 0.2) is 12.1 Å². The Bertz CT molecular complexity index is 440. The van der Waals surface area contributed by atoms with E-state index in [0.717, 1.165) is 5.92 Å². The first kappa shape index (κ1) is 17.2. The van der Waals surface area contributed by atoms with Crippen molar-refractivity contribution in [3.63, 3.8) is 0 Å². The number of benzene rings is 1. The summed E-state index contributed by atoms with van der Waals surface area (Å²) in [5.41, 5.74) is 6.08. The lowest BCUT2D eigenvalue weighted by molar-refractivity contribution is 0.279. The van der Waals surface area contributed by atoms with Crippen molar-refractivity contribution >= 4 is 0 Å². The molecular weight excluding hydrogens is 242 g/mol. The van der Waals surface area contributed by atoms with Crippen LogP contribution in [0, 0.1) is 32.1 Å². The van der Waals surface area contributed by atoms with Gasteiger partial charge in [0, 0.05) is 6.04 Å². The van der Waals surface area contributed by atoms with Crippen LogP contribution in [-0.4, -0.2) is 7.05 Å². The molecule has 0 saturated heterocycles. The lowest BCUT2D eigenvalue weighted by Crippen LogP contribution is -2.22. The lowest BCUT2D eigenvalue weighted by atomic mass is 9.81. The summed E-state index contributed by atoms with van der Waals surface area (Å²) in [6, 6.07) is 5.16. The molecule has 2 atom stereocenters. The van der Waals surface area contributed by atoms with Gasteiger partial charge in [-0.05, 0) is 74.2 Å². The topological polar surface area (TPSA) is 12.0 Å². The van der Waals surface area contributed by atoms with Crippen LogP contribution in [0.2, 0.25) is 0 Å². The Balaban J connectivity index is 2.89. The second-order valence-corrected chi connectivity index (χ2v) is 7.74. The van der Waals surface area contributed by atoms with Crippen LogP contribution in [0.4, 0.5) is 0 Å². The second kappa shape index (κ2) is 6.76. The molecule has 0 saturated carbocycles. The fourth-order valence-corrected chi connectivity index (χ4v) is 3.29. The lowest BCUT2D eigenvalue weighted by Gasteiger charge is -2.28. The molecule has 2 unspecified atom stereocenters. The third-order valence-corrected chi connectivity index (χ3v) is 4.21. The van der Waals surface area contributed by atoms with E-state index in [-0.39, 0.29) is 0 Å². The fourth-order valence-electron chi connectivity index (χ4n) is 3.29. The largest absolute Gasteiger partial charge is 0.313 e. The van der Waals surface area contributed by atoms with Gasteiger partial charge in [0.1, 0.15) is 0 Å². The number of hydrogen-bond donors (Lipinski definition) is 1. The fraction of sp³-hybridized carbons (Fsp3) is 0.684. The molecule has 0 aliphatic carbocycles. The molecule has 0 aliphatic rings. The van der Waals surface area contributed by atoms with E-state index in [1.54, 1.807) is 0 Å². The van der Waals surface area contributed by atoms with Crippen molar-refractivity contribution in [2.45, 2.75) is 67.3 Å². The molecule has 0 fully saturated rings. The molecule has 0 heterocycles. The van der Waals surface area contributed by atoms with Gasteiger partial charge in [0.05, 0.1) is 0 Å². The van der Waals surface area contributed by atoms with Gasteiger partial charge in [0.25, 0.3) is 0 Å². The number of hydrogen-bond acceptors (Lipinski definition) is 1. The van der Waals surface area contributed by atoms with Crippen molar-refractivity contribution in [2.24, 2.45) is 11.3 Å². The highest BCUT2D eigenvalue weighted by molar-refractivity contribution is 5.38. The number of rotatable bonds is 5. The molecule has 1 nitrogen and oxygen atoms in total. The molecular formula is C19H33N. The molecule has 20 heavy (non-hydrogen) atoms. The average Bonchev–Trinajstić information content (AvgIpc) is 2.29.